The summed E-state index contributed by atoms with van der Waals surface area (Å²) in [6.45, 7) is 0.0395. The summed E-state index contributed by atoms with van der Waals surface area (Å²) >= 11 is 0. The molecule has 8 heteroatoms. The molecule has 0 saturated carbocycles. The number of carbonyl (C=O) groups is 1. The van der Waals surface area contributed by atoms with Gasteiger partial charge in [0.25, 0.3) is 5.69 Å². The molecule has 0 radical (unpaired) electrons. The van der Waals surface area contributed by atoms with Gasteiger partial charge in [-0.05, 0) is 11.6 Å². The second kappa shape index (κ2) is 6.84. The number of hydrogen-bond donors (Lipinski definition) is 2. The quantitative estimate of drug-likeness (QED) is 0.363. The molecule has 2 rings (SSSR count). The number of benzene rings is 2. The number of nitro groups is 1. The van der Waals surface area contributed by atoms with Gasteiger partial charge in [-0.2, -0.15) is 0 Å². The molecule has 2 N–H and O–H groups in total. The Morgan fingerprint density at radius 3 is 2.45 bits per heavy atom. The van der Waals surface area contributed by atoms with E-state index in [0.717, 1.165) is 17.7 Å². The van der Waals surface area contributed by atoms with Crippen molar-refractivity contribution >= 4 is 24.2 Å². The maximum atomic E-state index is 11.9. The summed E-state index contributed by atoms with van der Waals surface area (Å²) in [5.41, 5.74) is -0.0893. The summed E-state index contributed by atoms with van der Waals surface area (Å²) in [5, 5.41) is 29.1. The third kappa shape index (κ3) is 3.69. The van der Waals surface area contributed by atoms with Crippen molar-refractivity contribution in [2.45, 2.75) is 6.61 Å². The zero-order valence-corrected chi connectivity index (χ0v) is 11.4. The Bertz CT molecular complexity index is 689. The molecule has 0 amide bonds. The van der Waals surface area contributed by atoms with Gasteiger partial charge in [0.15, 0.2) is 0 Å². The van der Waals surface area contributed by atoms with Crippen LogP contribution in [0.5, 0.6) is 0 Å². The molecule has 7 nitrogen and oxygen atoms in total. The van der Waals surface area contributed by atoms with Gasteiger partial charge in [-0.15, -0.1) is 0 Å². The standard InChI is InChI=1S/C14H12BNO6/c17-14(22-9-10-4-2-1-3-5-10)11-6-7-12(15(18)19)13(8-11)16(20)21/h1-8,18-19H,9H2. The van der Waals surface area contributed by atoms with E-state index in [4.69, 9.17) is 14.8 Å². The Hall–Kier alpha value is -2.71. The van der Waals surface area contributed by atoms with Gasteiger partial charge >= 0.3 is 13.1 Å². The Labute approximate surface area is 126 Å². The van der Waals surface area contributed by atoms with Crippen LogP contribution < -0.4 is 5.46 Å². The molecule has 0 aromatic heterocycles. The molecular weight excluding hydrogens is 289 g/mol. The summed E-state index contributed by atoms with van der Waals surface area (Å²) in [6, 6.07) is 12.3. The van der Waals surface area contributed by atoms with Crippen molar-refractivity contribution < 1.29 is 24.5 Å². The van der Waals surface area contributed by atoms with Crippen molar-refractivity contribution in [1.29, 1.82) is 0 Å². The number of hydrogen-bond acceptors (Lipinski definition) is 6. The highest BCUT2D eigenvalue weighted by atomic mass is 16.6. The molecule has 0 aliphatic heterocycles. The molecule has 2 aromatic carbocycles. The van der Waals surface area contributed by atoms with Gasteiger partial charge in [0.05, 0.1) is 15.9 Å². The molecule has 0 unspecified atom stereocenters. The lowest BCUT2D eigenvalue weighted by atomic mass is 9.78. The fourth-order valence-corrected chi connectivity index (χ4v) is 1.85. The summed E-state index contributed by atoms with van der Waals surface area (Å²) in [4.78, 5) is 22.0. The predicted octanol–water partition coefficient (Wildman–Crippen LogP) is 0.632. The van der Waals surface area contributed by atoms with Crippen LogP contribution >= 0.6 is 0 Å². The van der Waals surface area contributed by atoms with Crippen LogP contribution in [0.2, 0.25) is 0 Å². The Balaban J connectivity index is 2.16. The summed E-state index contributed by atoms with van der Waals surface area (Å²) in [5.74, 6) is -0.731. The number of ether oxygens (including phenoxy) is 1. The number of nitrogens with zero attached hydrogens (tertiary/aromatic N) is 1. The Morgan fingerprint density at radius 2 is 1.86 bits per heavy atom. The van der Waals surface area contributed by atoms with Crippen molar-refractivity contribution in [3.8, 4) is 0 Å². The number of nitro benzene ring substituents is 1. The van der Waals surface area contributed by atoms with Crippen LogP contribution in [-0.2, 0) is 11.3 Å². The number of carbonyl (C=O) groups excluding carboxylic acids is 1. The van der Waals surface area contributed by atoms with Crippen LogP contribution in [0.4, 0.5) is 5.69 Å². The number of esters is 1. The van der Waals surface area contributed by atoms with Gasteiger partial charge < -0.3 is 14.8 Å². The summed E-state index contributed by atoms with van der Waals surface area (Å²) < 4.78 is 5.06. The van der Waals surface area contributed by atoms with Crippen LogP contribution in [0.1, 0.15) is 15.9 Å². The van der Waals surface area contributed by atoms with Crippen LogP contribution in [0.25, 0.3) is 0 Å². The molecule has 0 aliphatic rings. The molecule has 2 aromatic rings. The SMILES string of the molecule is O=C(OCc1ccccc1)c1ccc(B(O)O)c([N+](=O)[O-])c1. The van der Waals surface area contributed by atoms with Crippen molar-refractivity contribution in [3.63, 3.8) is 0 Å². The van der Waals surface area contributed by atoms with Gasteiger partial charge in [0.2, 0.25) is 0 Å². The van der Waals surface area contributed by atoms with E-state index >= 15 is 0 Å². The average Bonchev–Trinajstić information content (AvgIpc) is 2.52. The maximum Gasteiger partial charge on any atom is 0.495 e. The highest BCUT2D eigenvalue weighted by Gasteiger charge is 2.25. The van der Waals surface area contributed by atoms with Crippen LogP contribution in [-0.4, -0.2) is 28.1 Å². The minimum Gasteiger partial charge on any atom is -0.457 e. The van der Waals surface area contributed by atoms with Crippen molar-refractivity contribution in [2.75, 3.05) is 0 Å². The Kier molecular flexibility index (Phi) is 4.87. The minimum absolute atomic E-state index is 0.0352. The van der Waals surface area contributed by atoms with Gasteiger partial charge in [0.1, 0.15) is 6.61 Å². The third-order valence-electron chi connectivity index (χ3n) is 2.95. The largest absolute Gasteiger partial charge is 0.495 e. The van der Waals surface area contributed by atoms with Crippen molar-refractivity contribution in [2.24, 2.45) is 0 Å². The lowest BCUT2D eigenvalue weighted by molar-refractivity contribution is -0.383. The van der Waals surface area contributed by atoms with Gasteiger partial charge in [-0.1, -0.05) is 36.4 Å². The van der Waals surface area contributed by atoms with E-state index in [1.165, 1.54) is 6.07 Å². The van der Waals surface area contributed by atoms with E-state index in [0.29, 0.717) is 0 Å². The van der Waals surface area contributed by atoms with Gasteiger partial charge in [-0.25, -0.2) is 4.79 Å². The molecule has 22 heavy (non-hydrogen) atoms. The maximum absolute atomic E-state index is 11.9. The Morgan fingerprint density at radius 1 is 1.18 bits per heavy atom. The summed E-state index contributed by atoms with van der Waals surface area (Å²) in [7, 11) is -1.99. The van der Waals surface area contributed by atoms with E-state index in [9.17, 15) is 14.9 Å². The van der Waals surface area contributed by atoms with Gasteiger partial charge in [0, 0.05) is 6.07 Å². The van der Waals surface area contributed by atoms with E-state index in [-0.39, 0.29) is 17.6 Å². The molecule has 0 bridgehead atoms. The first-order valence-electron chi connectivity index (χ1n) is 6.34. The first-order chi connectivity index (χ1) is 10.5. The fraction of sp³-hybridized carbons (Fsp3) is 0.0714. The normalized spacial score (nSPS) is 10.1. The lowest BCUT2D eigenvalue weighted by Crippen LogP contribution is -2.32. The van der Waals surface area contributed by atoms with E-state index in [1.807, 2.05) is 6.07 Å². The van der Waals surface area contributed by atoms with E-state index < -0.39 is 23.7 Å². The zero-order chi connectivity index (χ0) is 16.1. The van der Waals surface area contributed by atoms with Crippen LogP contribution in [0, 0.1) is 10.1 Å². The first-order valence-corrected chi connectivity index (χ1v) is 6.34. The highest BCUT2D eigenvalue weighted by Crippen LogP contribution is 2.13. The fourth-order valence-electron chi connectivity index (χ4n) is 1.85. The van der Waals surface area contributed by atoms with Crippen LogP contribution in [0.3, 0.4) is 0 Å². The number of rotatable bonds is 5. The van der Waals surface area contributed by atoms with Crippen LogP contribution in [0.15, 0.2) is 48.5 Å². The lowest BCUT2D eigenvalue weighted by Gasteiger charge is -2.06. The molecule has 0 atom stereocenters. The molecule has 0 aliphatic carbocycles. The third-order valence-corrected chi connectivity index (χ3v) is 2.95. The molecule has 0 fully saturated rings. The minimum atomic E-state index is -1.99. The second-order valence-electron chi connectivity index (χ2n) is 4.47. The average molecular weight is 301 g/mol. The zero-order valence-electron chi connectivity index (χ0n) is 11.4. The first kappa shape index (κ1) is 15.7. The molecule has 112 valence electrons. The summed E-state index contributed by atoms with van der Waals surface area (Å²) in [6.07, 6.45) is 0. The van der Waals surface area contributed by atoms with Crippen molar-refractivity contribution in [1.82, 2.24) is 0 Å². The predicted molar refractivity (Wildman–Crippen MR) is 78.5 cm³/mol. The molecule has 0 saturated heterocycles. The highest BCUT2D eigenvalue weighted by molar-refractivity contribution is 6.60. The van der Waals surface area contributed by atoms with Gasteiger partial charge in [-0.3, -0.25) is 10.1 Å². The topological polar surface area (TPSA) is 110 Å². The van der Waals surface area contributed by atoms with E-state index in [1.54, 1.807) is 24.3 Å². The smallest absolute Gasteiger partial charge is 0.457 e. The van der Waals surface area contributed by atoms with E-state index in [2.05, 4.69) is 0 Å². The molecular formula is C14H12BNO6. The monoisotopic (exact) mass is 301 g/mol. The molecule has 0 spiro atoms. The second-order valence-corrected chi connectivity index (χ2v) is 4.47. The van der Waals surface area contributed by atoms with Crippen molar-refractivity contribution in [3.05, 3.63) is 69.8 Å². The molecule has 0 heterocycles.